The van der Waals surface area contributed by atoms with Crippen molar-refractivity contribution in [2.24, 2.45) is 0 Å². The Morgan fingerprint density at radius 3 is 2.75 bits per heavy atom. The van der Waals surface area contributed by atoms with Crippen LogP contribution in [0.25, 0.3) is 0 Å². The maximum absolute atomic E-state index is 13.8. The van der Waals surface area contributed by atoms with Gasteiger partial charge in [0, 0.05) is 11.1 Å². The van der Waals surface area contributed by atoms with E-state index in [0.717, 1.165) is 17.0 Å². The summed E-state index contributed by atoms with van der Waals surface area (Å²) >= 11 is 1.46. The number of nitrogens with zero attached hydrogens (tertiary/aromatic N) is 1. The summed E-state index contributed by atoms with van der Waals surface area (Å²) in [6.07, 6.45) is 1.67. The van der Waals surface area contributed by atoms with Crippen LogP contribution in [0.2, 0.25) is 0 Å². The van der Waals surface area contributed by atoms with Crippen molar-refractivity contribution in [3.8, 4) is 0 Å². The van der Waals surface area contributed by atoms with Crippen LogP contribution in [-0.2, 0) is 11.3 Å². The number of aromatic nitrogens is 1. The molecule has 0 aliphatic rings. The van der Waals surface area contributed by atoms with Crippen LogP contribution in [0.4, 0.5) is 14.5 Å². The lowest BCUT2D eigenvalue weighted by atomic mass is 10.2. The molecule has 1 aromatic heterocycles. The van der Waals surface area contributed by atoms with E-state index in [1.165, 1.54) is 23.5 Å². The third-order valence-electron chi connectivity index (χ3n) is 2.61. The highest BCUT2D eigenvalue weighted by Crippen LogP contribution is 2.22. The average Bonchev–Trinajstić information content (AvgIpc) is 2.85. The Labute approximate surface area is 118 Å². The number of nitrogens with one attached hydrogen (secondary N) is 1. The molecule has 106 valence electrons. The van der Waals surface area contributed by atoms with Crippen LogP contribution in [0, 0.1) is 18.6 Å². The number of halogens is 2. The lowest BCUT2D eigenvalue weighted by Gasteiger charge is -2.09. The van der Waals surface area contributed by atoms with E-state index < -0.39 is 23.2 Å². The summed E-state index contributed by atoms with van der Waals surface area (Å²) in [5.74, 6) is -3.23. The predicted molar refractivity (Wildman–Crippen MR) is 71.9 cm³/mol. The third-order valence-corrected chi connectivity index (χ3v) is 3.52. The molecule has 0 bridgehead atoms. The van der Waals surface area contributed by atoms with Gasteiger partial charge in [-0.3, -0.25) is 0 Å². The highest BCUT2D eigenvalue weighted by Gasteiger charge is 2.19. The predicted octanol–water partition coefficient (Wildman–Crippen LogP) is 3.13. The first kappa shape index (κ1) is 14.4. The number of thiazole rings is 1. The molecular weight excluding hydrogens is 286 g/mol. The lowest BCUT2D eigenvalue weighted by Crippen LogP contribution is -2.09. The zero-order valence-corrected chi connectivity index (χ0v) is 11.7. The number of hydrogen-bond donors (Lipinski definition) is 1. The van der Waals surface area contributed by atoms with Gasteiger partial charge in [0.25, 0.3) is 0 Å². The van der Waals surface area contributed by atoms with Gasteiger partial charge in [0.2, 0.25) is 0 Å². The Bertz CT molecular complexity index is 643. The lowest BCUT2D eigenvalue weighted by molar-refractivity contribution is 0.0594. The van der Waals surface area contributed by atoms with Gasteiger partial charge in [0.1, 0.15) is 0 Å². The topological polar surface area (TPSA) is 51.2 Å². The van der Waals surface area contributed by atoms with Gasteiger partial charge in [0.15, 0.2) is 11.6 Å². The zero-order chi connectivity index (χ0) is 14.7. The van der Waals surface area contributed by atoms with E-state index in [-0.39, 0.29) is 5.69 Å². The van der Waals surface area contributed by atoms with Gasteiger partial charge >= 0.3 is 5.97 Å². The molecule has 2 aromatic rings. The number of anilines is 1. The molecule has 1 aromatic carbocycles. The normalized spacial score (nSPS) is 10.4. The van der Waals surface area contributed by atoms with Gasteiger partial charge in [-0.15, -0.1) is 11.3 Å². The second-order valence-electron chi connectivity index (χ2n) is 3.98. The number of ether oxygens (including phenoxy) is 1. The zero-order valence-electron chi connectivity index (χ0n) is 10.9. The minimum Gasteiger partial charge on any atom is -0.465 e. The van der Waals surface area contributed by atoms with Crippen LogP contribution < -0.4 is 5.32 Å². The monoisotopic (exact) mass is 298 g/mol. The standard InChI is InChI=1S/C13H12F2N2O2S/c1-7-16-5-8(20-7)6-17-10-4-3-9(13(18)19-2)11(14)12(10)15/h3-5,17H,6H2,1-2H3. The molecular formula is C13H12F2N2O2S. The molecule has 0 radical (unpaired) electrons. The first-order chi connectivity index (χ1) is 9.52. The Hall–Kier alpha value is -2.02. The van der Waals surface area contributed by atoms with Crippen molar-refractivity contribution in [1.82, 2.24) is 4.98 Å². The number of methoxy groups -OCH3 is 1. The van der Waals surface area contributed by atoms with Gasteiger partial charge in [-0.1, -0.05) is 0 Å². The highest BCUT2D eigenvalue weighted by molar-refractivity contribution is 7.11. The van der Waals surface area contributed by atoms with Crippen LogP contribution in [0.15, 0.2) is 18.3 Å². The summed E-state index contributed by atoms with van der Waals surface area (Å²) in [6, 6.07) is 2.49. The second kappa shape index (κ2) is 5.96. The van der Waals surface area contributed by atoms with Gasteiger partial charge < -0.3 is 10.1 Å². The summed E-state index contributed by atoms with van der Waals surface area (Å²) < 4.78 is 31.9. The van der Waals surface area contributed by atoms with E-state index in [1.54, 1.807) is 6.20 Å². The number of benzene rings is 1. The van der Waals surface area contributed by atoms with Crippen molar-refractivity contribution < 1.29 is 18.3 Å². The summed E-state index contributed by atoms with van der Waals surface area (Å²) in [7, 11) is 1.11. The molecule has 0 fully saturated rings. The molecule has 0 unspecified atom stereocenters. The molecule has 0 aliphatic heterocycles. The molecule has 0 spiro atoms. The van der Waals surface area contributed by atoms with E-state index in [4.69, 9.17) is 0 Å². The molecule has 0 saturated carbocycles. The minimum atomic E-state index is -1.22. The third kappa shape index (κ3) is 2.93. The molecule has 1 N–H and O–H groups in total. The number of hydrogen-bond acceptors (Lipinski definition) is 5. The van der Waals surface area contributed by atoms with E-state index in [9.17, 15) is 13.6 Å². The summed E-state index contributed by atoms with van der Waals surface area (Å²) in [4.78, 5) is 16.2. The second-order valence-corrected chi connectivity index (χ2v) is 5.30. The minimum absolute atomic E-state index is 0.0128. The Balaban J connectivity index is 2.17. The number of carbonyl (C=O) groups is 1. The fourth-order valence-electron chi connectivity index (χ4n) is 1.62. The molecule has 4 nitrogen and oxygen atoms in total. The largest absolute Gasteiger partial charge is 0.465 e. The Morgan fingerprint density at radius 1 is 1.40 bits per heavy atom. The SMILES string of the molecule is COC(=O)c1ccc(NCc2cnc(C)s2)c(F)c1F. The van der Waals surface area contributed by atoms with Crippen molar-refractivity contribution >= 4 is 23.0 Å². The van der Waals surface area contributed by atoms with E-state index >= 15 is 0 Å². The number of carbonyl (C=O) groups excluding carboxylic acids is 1. The maximum Gasteiger partial charge on any atom is 0.340 e. The Morgan fingerprint density at radius 2 is 2.15 bits per heavy atom. The molecule has 2 rings (SSSR count). The van der Waals surface area contributed by atoms with E-state index in [2.05, 4.69) is 15.0 Å². The van der Waals surface area contributed by atoms with Crippen molar-refractivity contribution in [3.63, 3.8) is 0 Å². The van der Waals surface area contributed by atoms with Crippen molar-refractivity contribution in [1.29, 1.82) is 0 Å². The number of rotatable bonds is 4. The first-order valence-corrected chi connectivity index (χ1v) is 6.56. The Kier molecular flexibility index (Phi) is 4.29. The van der Waals surface area contributed by atoms with Crippen LogP contribution in [0.3, 0.4) is 0 Å². The fraction of sp³-hybridized carbons (Fsp3) is 0.231. The molecule has 0 saturated heterocycles. The van der Waals surface area contributed by atoms with Crippen LogP contribution in [0.5, 0.6) is 0 Å². The van der Waals surface area contributed by atoms with Crippen molar-refractivity contribution in [2.75, 3.05) is 12.4 Å². The summed E-state index contributed by atoms with van der Waals surface area (Å²) in [5, 5.41) is 3.67. The van der Waals surface area contributed by atoms with Crippen molar-refractivity contribution in [2.45, 2.75) is 13.5 Å². The fourth-order valence-corrected chi connectivity index (χ4v) is 2.36. The van der Waals surface area contributed by atoms with Crippen LogP contribution >= 0.6 is 11.3 Å². The van der Waals surface area contributed by atoms with Crippen molar-refractivity contribution in [3.05, 3.63) is 45.4 Å². The average molecular weight is 298 g/mol. The van der Waals surface area contributed by atoms with Gasteiger partial charge in [-0.2, -0.15) is 0 Å². The van der Waals surface area contributed by atoms with E-state index in [0.29, 0.717) is 6.54 Å². The molecule has 0 atom stereocenters. The van der Waals surface area contributed by atoms with Crippen LogP contribution in [-0.4, -0.2) is 18.1 Å². The molecule has 0 aliphatic carbocycles. The molecule has 20 heavy (non-hydrogen) atoms. The smallest absolute Gasteiger partial charge is 0.340 e. The summed E-state index contributed by atoms with van der Waals surface area (Å²) in [5.41, 5.74) is -0.439. The van der Waals surface area contributed by atoms with Gasteiger partial charge in [-0.25, -0.2) is 18.6 Å². The highest BCUT2D eigenvalue weighted by atomic mass is 32.1. The first-order valence-electron chi connectivity index (χ1n) is 5.74. The molecule has 0 amide bonds. The molecule has 1 heterocycles. The maximum atomic E-state index is 13.8. The van der Waals surface area contributed by atoms with E-state index in [1.807, 2.05) is 6.92 Å². The van der Waals surface area contributed by atoms with Gasteiger partial charge in [0.05, 0.1) is 29.9 Å². The van der Waals surface area contributed by atoms with Gasteiger partial charge in [-0.05, 0) is 19.1 Å². The number of esters is 1. The summed E-state index contributed by atoms with van der Waals surface area (Å²) in [6.45, 7) is 2.19. The quantitative estimate of drug-likeness (QED) is 0.881. The number of aryl methyl sites for hydroxylation is 1. The molecule has 7 heteroatoms. The van der Waals surface area contributed by atoms with Crippen LogP contribution in [0.1, 0.15) is 20.2 Å².